The van der Waals surface area contributed by atoms with Crippen LogP contribution in [0.4, 0.5) is 0 Å². The summed E-state index contributed by atoms with van der Waals surface area (Å²) in [6.45, 7) is 2.24. The number of amides is 1. The standard InChI is InChI=1S/C14H21ClN2O3S/c1-10-4-3-5-11(7-6-10)16-14(18)13-8-12(9-17(13)2)21(15,19)20/h8-11H,3-7H2,1-2H3,(H,16,18). The van der Waals surface area contributed by atoms with Crippen molar-refractivity contribution in [2.45, 2.75) is 50.0 Å². The molecule has 2 atom stereocenters. The molecule has 1 fully saturated rings. The monoisotopic (exact) mass is 332 g/mol. The van der Waals surface area contributed by atoms with Crippen molar-refractivity contribution in [2.75, 3.05) is 0 Å². The molecule has 0 bridgehead atoms. The van der Waals surface area contributed by atoms with Crippen LogP contribution in [0.1, 0.15) is 49.5 Å². The van der Waals surface area contributed by atoms with Gasteiger partial charge in [0, 0.05) is 30.0 Å². The Kier molecular flexibility index (Phi) is 4.99. The van der Waals surface area contributed by atoms with Gasteiger partial charge in [-0.3, -0.25) is 4.79 Å². The predicted octanol–water partition coefficient (Wildman–Crippen LogP) is 2.65. The Morgan fingerprint density at radius 1 is 1.33 bits per heavy atom. The van der Waals surface area contributed by atoms with Crippen LogP contribution in [0.2, 0.25) is 0 Å². The number of hydrogen-bond acceptors (Lipinski definition) is 3. The molecule has 1 aromatic rings. The molecule has 5 nitrogen and oxygen atoms in total. The summed E-state index contributed by atoms with van der Waals surface area (Å²) in [6.07, 6.45) is 6.72. The van der Waals surface area contributed by atoms with Crippen LogP contribution in [-0.2, 0) is 16.1 Å². The molecule has 1 N–H and O–H groups in total. The van der Waals surface area contributed by atoms with Crippen LogP contribution in [0, 0.1) is 5.92 Å². The molecule has 1 aliphatic carbocycles. The Labute approximate surface area is 130 Å². The number of nitrogens with one attached hydrogen (secondary N) is 1. The first kappa shape index (κ1) is 16.4. The lowest BCUT2D eigenvalue weighted by atomic mass is 10.0. The zero-order valence-corrected chi connectivity index (χ0v) is 13.9. The van der Waals surface area contributed by atoms with Crippen LogP contribution in [0.5, 0.6) is 0 Å². The third kappa shape index (κ3) is 4.23. The van der Waals surface area contributed by atoms with Crippen molar-refractivity contribution in [1.82, 2.24) is 9.88 Å². The maximum Gasteiger partial charge on any atom is 0.268 e. The molecule has 1 saturated carbocycles. The zero-order chi connectivity index (χ0) is 15.6. The van der Waals surface area contributed by atoms with Gasteiger partial charge in [0.2, 0.25) is 0 Å². The maximum atomic E-state index is 12.3. The Bertz CT molecular complexity index is 624. The first-order chi connectivity index (χ1) is 9.77. The second-order valence-corrected chi connectivity index (χ2v) is 8.46. The van der Waals surface area contributed by atoms with E-state index >= 15 is 0 Å². The van der Waals surface area contributed by atoms with Gasteiger partial charge in [-0.1, -0.05) is 19.8 Å². The van der Waals surface area contributed by atoms with E-state index in [2.05, 4.69) is 12.2 Å². The van der Waals surface area contributed by atoms with Crippen molar-refractivity contribution in [3.8, 4) is 0 Å². The lowest BCUT2D eigenvalue weighted by Crippen LogP contribution is -2.35. The molecule has 0 aromatic carbocycles. The van der Waals surface area contributed by atoms with Crippen LogP contribution < -0.4 is 5.32 Å². The fourth-order valence-corrected chi connectivity index (χ4v) is 3.57. The van der Waals surface area contributed by atoms with E-state index in [9.17, 15) is 13.2 Å². The van der Waals surface area contributed by atoms with Gasteiger partial charge >= 0.3 is 0 Å². The topological polar surface area (TPSA) is 68.2 Å². The summed E-state index contributed by atoms with van der Waals surface area (Å²) < 4.78 is 24.1. The molecule has 0 spiro atoms. The average molecular weight is 333 g/mol. The van der Waals surface area contributed by atoms with Gasteiger partial charge in [-0.15, -0.1) is 0 Å². The van der Waals surface area contributed by atoms with Crippen LogP contribution in [0.15, 0.2) is 17.2 Å². The number of rotatable bonds is 3. The van der Waals surface area contributed by atoms with E-state index in [0.717, 1.165) is 25.7 Å². The fraction of sp³-hybridized carbons (Fsp3) is 0.643. The third-order valence-corrected chi connectivity index (χ3v) is 5.41. The van der Waals surface area contributed by atoms with Crippen molar-refractivity contribution < 1.29 is 13.2 Å². The normalized spacial score (nSPS) is 23.6. The smallest absolute Gasteiger partial charge is 0.268 e. The molecule has 2 rings (SSSR count). The number of carbonyl (C=O) groups is 1. The molecule has 118 valence electrons. The van der Waals surface area contributed by atoms with E-state index in [1.54, 1.807) is 7.05 Å². The molecule has 21 heavy (non-hydrogen) atoms. The number of halogens is 1. The highest BCUT2D eigenvalue weighted by molar-refractivity contribution is 8.13. The van der Waals surface area contributed by atoms with Gasteiger partial charge in [-0.25, -0.2) is 8.42 Å². The van der Waals surface area contributed by atoms with E-state index in [0.29, 0.717) is 11.6 Å². The molecule has 1 heterocycles. The summed E-state index contributed by atoms with van der Waals surface area (Å²) in [4.78, 5) is 12.2. The summed E-state index contributed by atoms with van der Waals surface area (Å²) >= 11 is 0. The highest BCUT2D eigenvalue weighted by atomic mass is 35.7. The maximum absolute atomic E-state index is 12.3. The van der Waals surface area contributed by atoms with Gasteiger partial charge in [0.25, 0.3) is 15.0 Å². The minimum Gasteiger partial charge on any atom is -0.348 e. The molecular formula is C14H21ClN2O3S. The van der Waals surface area contributed by atoms with Crippen molar-refractivity contribution >= 4 is 25.6 Å². The number of aromatic nitrogens is 1. The lowest BCUT2D eigenvalue weighted by Gasteiger charge is -2.16. The van der Waals surface area contributed by atoms with Crippen LogP contribution in [0.3, 0.4) is 0 Å². The molecule has 2 unspecified atom stereocenters. The number of nitrogens with zero attached hydrogens (tertiary/aromatic N) is 1. The second-order valence-electron chi connectivity index (χ2n) is 5.89. The van der Waals surface area contributed by atoms with E-state index in [4.69, 9.17) is 10.7 Å². The average Bonchev–Trinajstić information content (AvgIpc) is 2.66. The predicted molar refractivity (Wildman–Crippen MR) is 82.0 cm³/mol. The van der Waals surface area contributed by atoms with E-state index in [1.165, 1.54) is 23.3 Å². The second kappa shape index (κ2) is 6.40. The Balaban J connectivity index is 2.08. The van der Waals surface area contributed by atoms with Gasteiger partial charge < -0.3 is 9.88 Å². The summed E-state index contributed by atoms with van der Waals surface area (Å²) in [5.41, 5.74) is 0.312. The highest BCUT2D eigenvalue weighted by Gasteiger charge is 2.22. The van der Waals surface area contributed by atoms with Gasteiger partial charge in [-0.2, -0.15) is 0 Å². The first-order valence-electron chi connectivity index (χ1n) is 7.19. The number of hydrogen-bond donors (Lipinski definition) is 1. The van der Waals surface area contributed by atoms with Gasteiger partial charge in [0.1, 0.15) is 10.6 Å². The Hall–Kier alpha value is -1.01. The van der Waals surface area contributed by atoms with Gasteiger partial charge in [-0.05, 0) is 31.2 Å². The number of aryl methyl sites for hydroxylation is 1. The summed E-state index contributed by atoms with van der Waals surface area (Å²) in [5, 5.41) is 3.00. The van der Waals surface area contributed by atoms with Gasteiger partial charge in [0.05, 0.1) is 0 Å². The van der Waals surface area contributed by atoms with E-state index in [-0.39, 0.29) is 16.8 Å². The Morgan fingerprint density at radius 3 is 2.67 bits per heavy atom. The lowest BCUT2D eigenvalue weighted by molar-refractivity contribution is 0.0925. The molecule has 0 aliphatic heterocycles. The Morgan fingerprint density at radius 2 is 2.05 bits per heavy atom. The molecule has 1 aliphatic rings. The summed E-state index contributed by atoms with van der Waals surface area (Å²) in [5.74, 6) is 0.457. The molecule has 1 amide bonds. The minimum atomic E-state index is -3.81. The van der Waals surface area contributed by atoms with E-state index < -0.39 is 9.05 Å². The number of carbonyl (C=O) groups excluding carboxylic acids is 1. The van der Waals surface area contributed by atoms with Gasteiger partial charge in [0.15, 0.2) is 0 Å². The third-order valence-electron chi connectivity index (χ3n) is 4.09. The molecule has 1 aromatic heterocycles. The molecule has 7 heteroatoms. The first-order valence-corrected chi connectivity index (χ1v) is 9.50. The summed E-state index contributed by atoms with van der Waals surface area (Å²) in [6, 6.07) is 1.48. The molecule has 0 radical (unpaired) electrons. The van der Waals surface area contributed by atoms with E-state index in [1.807, 2.05) is 0 Å². The summed E-state index contributed by atoms with van der Waals surface area (Å²) in [7, 11) is 3.13. The van der Waals surface area contributed by atoms with Crippen molar-refractivity contribution in [2.24, 2.45) is 13.0 Å². The van der Waals surface area contributed by atoms with Crippen molar-refractivity contribution in [3.63, 3.8) is 0 Å². The minimum absolute atomic E-state index is 0.0497. The quantitative estimate of drug-likeness (QED) is 0.683. The van der Waals surface area contributed by atoms with Crippen molar-refractivity contribution in [1.29, 1.82) is 0 Å². The highest BCUT2D eigenvalue weighted by Crippen LogP contribution is 2.23. The van der Waals surface area contributed by atoms with Crippen molar-refractivity contribution in [3.05, 3.63) is 18.0 Å². The van der Waals surface area contributed by atoms with Crippen LogP contribution >= 0.6 is 10.7 Å². The SMILES string of the molecule is CC1CCCC(NC(=O)c2cc(S(=O)(=O)Cl)cn2C)CC1. The molecule has 0 saturated heterocycles. The largest absolute Gasteiger partial charge is 0.348 e. The fourth-order valence-electron chi connectivity index (χ4n) is 2.78. The zero-order valence-electron chi connectivity index (χ0n) is 12.3. The van der Waals surface area contributed by atoms with Crippen LogP contribution in [0.25, 0.3) is 0 Å². The van der Waals surface area contributed by atoms with Crippen LogP contribution in [-0.4, -0.2) is 24.9 Å². The molecular weight excluding hydrogens is 312 g/mol.